The van der Waals surface area contributed by atoms with E-state index in [4.69, 9.17) is 21.0 Å². The third-order valence-electron chi connectivity index (χ3n) is 3.44. The zero-order valence-electron chi connectivity index (χ0n) is 13.9. The van der Waals surface area contributed by atoms with Gasteiger partial charge in [-0.2, -0.15) is 0 Å². The van der Waals surface area contributed by atoms with Crippen LogP contribution >= 0.6 is 0 Å². The molecule has 0 N–H and O–H groups in total. The molecule has 0 fully saturated rings. The van der Waals surface area contributed by atoms with Crippen LogP contribution < -0.4 is 10.2 Å². The molecule has 4 aromatic carbocycles. The summed E-state index contributed by atoms with van der Waals surface area (Å²) in [7, 11) is 0. The van der Waals surface area contributed by atoms with Gasteiger partial charge in [-0.3, -0.25) is 0 Å². The first kappa shape index (κ1) is 23.7. The van der Waals surface area contributed by atoms with E-state index in [9.17, 15) is 10.2 Å². The van der Waals surface area contributed by atoms with Gasteiger partial charge >= 0.3 is 17.1 Å². The maximum Gasteiger partial charge on any atom is 2.00 e. The van der Waals surface area contributed by atoms with E-state index in [0.717, 1.165) is 21.5 Å². The van der Waals surface area contributed by atoms with Crippen molar-refractivity contribution in [1.29, 1.82) is 0 Å². The Morgan fingerprint density at radius 3 is 1.11 bits per heavy atom. The predicted octanol–water partition coefficient (Wildman–Crippen LogP) is 4.47. The summed E-state index contributed by atoms with van der Waals surface area (Å²) < 4.78 is 0. The Morgan fingerprint density at radius 2 is 0.778 bits per heavy atom. The number of nitroso groups, excluding NO2 is 2. The van der Waals surface area contributed by atoms with Crippen molar-refractivity contribution in [3.8, 4) is 11.5 Å². The van der Waals surface area contributed by atoms with Gasteiger partial charge in [0.25, 0.3) is 0 Å². The van der Waals surface area contributed by atoms with Gasteiger partial charge in [-0.05, 0) is 21.5 Å². The maximum atomic E-state index is 10.9. The summed E-state index contributed by atoms with van der Waals surface area (Å²) in [5.41, 5.74) is 11.5. The van der Waals surface area contributed by atoms with Crippen LogP contribution in [0.3, 0.4) is 0 Å². The minimum absolute atomic E-state index is 0. The molecule has 6 nitrogen and oxygen atoms in total. The molecule has 0 aromatic heterocycles. The molecular formula is C20H14CuN2O4-2. The van der Waals surface area contributed by atoms with E-state index in [2.05, 4.69) is 0 Å². The quantitative estimate of drug-likeness (QED) is 0.397. The van der Waals surface area contributed by atoms with Crippen LogP contribution in [0.25, 0.3) is 32.7 Å². The molecule has 141 valence electrons. The molecule has 0 spiro atoms. The van der Waals surface area contributed by atoms with Crippen LogP contribution in [0.2, 0.25) is 0 Å². The molecule has 0 unspecified atom stereocenters. The van der Waals surface area contributed by atoms with Gasteiger partial charge in [-0.1, -0.05) is 84.9 Å². The van der Waals surface area contributed by atoms with E-state index >= 15 is 0 Å². The van der Waals surface area contributed by atoms with E-state index in [0.29, 0.717) is 0 Å². The zero-order valence-corrected chi connectivity index (χ0v) is 14.9. The van der Waals surface area contributed by atoms with Gasteiger partial charge in [0, 0.05) is 0 Å². The Bertz CT molecular complexity index is 887. The molecule has 1 radical (unpaired) electrons. The van der Waals surface area contributed by atoms with E-state index in [1.54, 1.807) is 24.3 Å². The summed E-state index contributed by atoms with van der Waals surface area (Å²) in [6.45, 7) is 0. The fraction of sp³-hybridized carbons (Fsp3) is 0. The zero-order chi connectivity index (χ0) is 19.4. The first-order chi connectivity index (χ1) is 12.7. The molecule has 0 aliphatic carbocycles. The molecule has 0 amide bonds. The number of rotatable bonds is 0. The second-order valence-electron chi connectivity index (χ2n) is 5.02. The van der Waals surface area contributed by atoms with Crippen molar-refractivity contribution in [2.24, 2.45) is 0 Å². The van der Waals surface area contributed by atoms with E-state index in [-0.39, 0.29) is 28.6 Å². The first-order valence-electron chi connectivity index (χ1n) is 7.40. The van der Waals surface area contributed by atoms with Crippen molar-refractivity contribution >= 4 is 21.5 Å². The van der Waals surface area contributed by atoms with E-state index in [1.807, 2.05) is 60.7 Å². The standard InChI is InChI=1S/2C10H8O.Cu.2NO/c2*11-10-6-5-8-3-1-2-4-9(8)7-10;;2*1-2/h2*1-7,11H;;;/q;;+2;2*-1/p-2. The van der Waals surface area contributed by atoms with Crippen molar-refractivity contribution in [3.05, 3.63) is 106 Å². The average molecular weight is 410 g/mol. The molecule has 27 heavy (non-hydrogen) atoms. The summed E-state index contributed by atoms with van der Waals surface area (Å²) in [6.07, 6.45) is 0. The van der Waals surface area contributed by atoms with Crippen molar-refractivity contribution < 1.29 is 27.3 Å². The molecule has 0 aliphatic rings. The molecule has 0 heterocycles. The number of benzene rings is 4. The number of fused-ring (bicyclic) bond motifs is 2. The van der Waals surface area contributed by atoms with Gasteiger partial charge in [-0.25, -0.2) is 0 Å². The van der Waals surface area contributed by atoms with Gasteiger partial charge < -0.3 is 31.2 Å². The summed E-state index contributed by atoms with van der Waals surface area (Å²) in [6, 6.07) is 25.8. The SMILES string of the molecule is [Cu+2].[N-]=O.[N-]=O.[O-]c1ccc2ccccc2c1.[O-]c1ccc2ccccc2c1. The van der Waals surface area contributed by atoms with Gasteiger partial charge in [0.2, 0.25) is 0 Å². The molecule has 0 saturated heterocycles. The van der Waals surface area contributed by atoms with Crippen LogP contribution in [0.5, 0.6) is 11.5 Å². The smallest absolute Gasteiger partial charge is 0.872 e. The molecular weight excluding hydrogens is 396 g/mol. The van der Waals surface area contributed by atoms with E-state index in [1.165, 1.54) is 0 Å². The monoisotopic (exact) mass is 409 g/mol. The second-order valence-corrected chi connectivity index (χ2v) is 5.02. The van der Waals surface area contributed by atoms with Crippen molar-refractivity contribution in [3.63, 3.8) is 0 Å². The molecule has 0 atom stereocenters. The average Bonchev–Trinajstić information content (AvgIpc) is 2.71. The van der Waals surface area contributed by atoms with Crippen molar-refractivity contribution in [2.45, 2.75) is 0 Å². The van der Waals surface area contributed by atoms with Gasteiger partial charge in [-0.15, -0.1) is 11.5 Å². The minimum Gasteiger partial charge on any atom is -0.872 e. The molecule has 4 aromatic rings. The fourth-order valence-corrected chi connectivity index (χ4v) is 2.33. The number of hydrogen-bond donors (Lipinski definition) is 0. The third-order valence-corrected chi connectivity index (χ3v) is 3.44. The first-order valence-corrected chi connectivity index (χ1v) is 7.40. The fourth-order valence-electron chi connectivity index (χ4n) is 2.33. The van der Waals surface area contributed by atoms with Crippen LogP contribution in [-0.2, 0) is 17.1 Å². The molecule has 0 saturated carbocycles. The summed E-state index contributed by atoms with van der Waals surface area (Å²) in [5.74, 6) is 0.146. The Balaban J connectivity index is 0.000000411. The van der Waals surface area contributed by atoms with Crippen molar-refractivity contribution in [1.82, 2.24) is 0 Å². The number of hydrogen-bond acceptors (Lipinski definition) is 4. The molecule has 0 bridgehead atoms. The van der Waals surface area contributed by atoms with Crippen molar-refractivity contribution in [2.75, 3.05) is 0 Å². The van der Waals surface area contributed by atoms with Crippen LogP contribution in [0.1, 0.15) is 0 Å². The van der Waals surface area contributed by atoms with Crippen LogP contribution in [0, 0.1) is 9.81 Å². The summed E-state index contributed by atoms with van der Waals surface area (Å²) >= 11 is 0. The van der Waals surface area contributed by atoms with Crippen LogP contribution in [-0.4, -0.2) is 0 Å². The largest absolute Gasteiger partial charge is 2.00 e. The summed E-state index contributed by atoms with van der Waals surface area (Å²) in [5, 5.41) is 26.0. The minimum atomic E-state index is 0. The Hall–Kier alpha value is -3.28. The van der Waals surface area contributed by atoms with Crippen LogP contribution in [0.4, 0.5) is 0 Å². The predicted molar refractivity (Wildman–Crippen MR) is 100 cm³/mol. The second kappa shape index (κ2) is 13.0. The van der Waals surface area contributed by atoms with Gasteiger partial charge in [0.1, 0.15) is 0 Å². The summed E-state index contributed by atoms with van der Waals surface area (Å²) in [4.78, 5) is 14.5. The molecule has 4 rings (SSSR count). The van der Waals surface area contributed by atoms with Gasteiger partial charge in [0.05, 0.1) is 0 Å². The van der Waals surface area contributed by atoms with Gasteiger partial charge in [0.15, 0.2) is 0 Å². The van der Waals surface area contributed by atoms with Crippen LogP contribution in [0.15, 0.2) is 84.9 Å². The third kappa shape index (κ3) is 7.23. The normalized spacial score (nSPS) is 8.59. The Labute approximate surface area is 166 Å². The Morgan fingerprint density at radius 1 is 0.481 bits per heavy atom. The number of nitrogens with zero attached hydrogens (tertiary/aromatic N) is 2. The maximum absolute atomic E-state index is 10.9. The Kier molecular flexibility index (Phi) is 11.4. The topological polar surface area (TPSA) is 125 Å². The van der Waals surface area contributed by atoms with E-state index < -0.39 is 0 Å². The molecule has 7 heteroatoms. The molecule has 0 aliphatic heterocycles.